The molecule has 152 valence electrons. The lowest BCUT2D eigenvalue weighted by molar-refractivity contribution is -0.130. The largest absolute Gasteiger partial charge is 0.444 e. The molecule has 1 aliphatic heterocycles. The number of hydrogen-bond donors (Lipinski definition) is 2. The van der Waals surface area contributed by atoms with Crippen LogP contribution in [-0.2, 0) is 23.8 Å². The van der Waals surface area contributed by atoms with E-state index >= 15 is 0 Å². The maximum Gasteiger partial charge on any atom is 0.408 e. The molecule has 4 atom stereocenters. The lowest BCUT2D eigenvalue weighted by Crippen LogP contribution is -2.63. The first-order valence-corrected chi connectivity index (χ1v) is 8.84. The van der Waals surface area contributed by atoms with Crippen molar-refractivity contribution in [3.05, 3.63) is 11.8 Å². The number of nitrogens with one attached hydrogen (secondary N) is 1. The van der Waals surface area contributed by atoms with Crippen molar-refractivity contribution in [3.8, 4) is 0 Å². The van der Waals surface area contributed by atoms with Gasteiger partial charge in [-0.05, 0) is 27.2 Å². The molecule has 0 aromatic rings. The first-order valence-electron chi connectivity index (χ1n) is 8.84. The molecule has 0 unspecified atom stereocenters. The van der Waals surface area contributed by atoms with Crippen LogP contribution < -0.4 is 11.1 Å². The lowest BCUT2D eigenvalue weighted by Gasteiger charge is -2.40. The summed E-state index contributed by atoms with van der Waals surface area (Å²) in [5, 5.41) is 2.72. The number of rotatable bonds is 6. The molecule has 0 aromatic heterocycles. The maximum atomic E-state index is 12.5. The molecular weight excluding hydrogens is 354 g/mol. The van der Waals surface area contributed by atoms with E-state index in [0.29, 0.717) is 24.8 Å². The average molecular weight is 383 g/mol. The Morgan fingerprint density at radius 3 is 2.63 bits per heavy atom. The number of ether oxygens (including phenoxy) is 3. The zero-order valence-electron chi connectivity index (χ0n) is 16.5. The molecule has 0 aromatic carbocycles. The highest BCUT2D eigenvalue weighted by molar-refractivity contribution is 5.93. The maximum absolute atomic E-state index is 12.5. The van der Waals surface area contributed by atoms with Crippen LogP contribution in [0.1, 0.15) is 27.2 Å². The van der Waals surface area contributed by atoms with Crippen LogP contribution in [0, 0.1) is 11.8 Å². The summed E-state index contributed by atoms with van der Waals surface area (Å²) in [4.78, 5) is 38.5. The predicted molar refractivity (Wildman–Crippen MR) is 96.4 cm³/mol. The van der Waals surface area contributed by atoms with E-state index in [4.69, 9.17) is 19.9 Å². The standard InChI is InChI=1S/C18H29N3O6/c1-17(2,3)27-16(24)20-18(9-22)13-8-21(4)7-12(15(19)23)11(13)6-14(18)26-10-25-5/h7,9,11,13-14H,6,8,10H2,1-5H3,(H2,19,23)(H,20,24)/t11-,13+,14-,18+/m0/s1. The van der Waals surface area contributed by atoms with E-state index in [9.17, 15) is 14.4 Å². The molecule has 2 aliphatic rings. The van der Waals surface area contributed by atoms with E-state index in [2.05, 4.69) is 5.32 Å². The highest BCUT2D eigenvalue weighted by atomic mass is 16.7. The SMILES string of the molecule is COCO[C@H]1C[C@H]2C(C(N)=O)=CN(C)C[C@H]2[C@@]1(C=O)NC(=O)OC(C)(C)C. The van der Waals surface area contributed by atoms with Crippen molar-refractivity contribution in [3.63, 3.8) is 0 Å². The molecule has 0 bridgehead atoms. The van der Waals surface area contributed by atoms with Crippen LogP contribution in [-0.4, -0.2) is 67.9 Å². The molecular formula is C18H29N3O6. The molecule has 0 radical (unpaired) electrons. The summed E-state index contributed by atoms with van der Waals surface area (Å²) in [6.45, 7) is 5.60. The summed E-state index contributed by atoms with van der Waals surface area (Å²) in [6.07, 6.45) is 1.31. The van der Waals surface area contributed by atoms with Gasteiger partial charge in [-0.2, -0.15) is 0 Å². The van der Waals surface area contributed by atoms with E-state index in [0.717, 1.165) is 0 Å². The van der Waals surface area contributed by atoms with E-state index in [1.54, 1.807) is 38.9 Å². The predicted octanol–water partition coefficient (Wildman–Crippen LogP) is 0.389. The van der Waals surface area contributed by atoms with E-state index in [-0.39, 0.29) is 12.7 Å². The highest BCUT2D eigenvalue weighted by Crippen LogP contribution is 2.47. The third kappa shape index (κ3) is 4.41. The topological polar surface area (TPSA) is 120 Å². The number of fused-ring (bicyclic) bond motifs is 1. The first kappa shape index (κ1) is 21.2. The number of amides is 2. The molecule has 2 rings (SSSR count). The fraction of sp³-hybridized carbons (Fsp3) is 0.722. The molecule has 9 nitrogen and oxygen atoms in total. The summed E-state index contributed by atoms with van der Waals surface area (Å²) in [5.41, 5.74) is 3.87. The van der Waals surface area contributed by atoms with Crippen LogP contribution in [0.2, 0.25) is 0 Å². The molecule has 0 spiro atoms. The molecule has 1 fully saturated rings. The Hall–Kier alpha value is -2.13. The van der Waals surface area contributed by atoms with Gasteiger partial charge in [0.25, 0.3) is 0 Å². The number of carbonyl (C=O) groups excluding carboxylic acids is 3. The smallest absolute Gasteiger partial charge is 0.408 e. The summed E-state index contributed by atoms with van der Waals surface area (Å²) in [6, 6.07) is 0. The molecule has 3 N–H and O–H groups in total. The Bertz CT molecular complexity index is 629. The normalized spacial score (nSPS) is 30.3. The number of carbonyl (C=O) groups is 3. The Balaban J connectivity index is 2.40. The Morgan fingerprint density at radius 2 is 2.11 bits per heavy atom. The summed E-state index contributed by atoms with van der Waals surface area (Å²) in [5.74, 6) is -1.27. The zero-order chi connectivity index (χ0) is 20.4. The highest BCUT2D eigenvalue weighted by Gasteiger charge is 2.60. The second kappa shape index (κ2) is 7.85. The second-order valence-electron chi connectivity index (χ2n) is 8.08. The second-order valence-corrected chi connectivity index (χ2v) is 8.08. The number of nitrogens with zero attached hydrogens (tertiary/aromatic N) is 1. The van der Waals surface area contributed by atoms with E-state index in [1.165, 1.54) is 7.11 Å². The number of primary amides is 1. The van der Waals surface area contributed by atoms with Crippen LogP contribution in [0.5, 0.6) is 0 Å². The minimum absolute atomic E-state index is 0.0544. The number of aldehydes is 1. The molecule has 1 heterocycles. The van der Waals surface area contributed by atoms with Crippen molar-refractivity contribution in [1.82, 2.24) is 10.2 Å². The van der Waals surface area contributed by atoms with Crippen LogP contribution in [0.3, 0.4) is 0 Å². The van der Waals surface area contributed by atoms with Gasteiger partial charge in [0.1, 0.15) is 24.2 Å². The summed E-state index contributed by atoms with van der Waals surface area (Å²) < 4.78 is 16.0. The Labute approximate surface area is 159 Å². The fourth-order valence-corrected chi connectivity index (χ4v) is 3.93. The number of methoxy groups -OCH3 is 1. The van der Waals surface area contributed by atoms with Crippen LogP contribution in [0.15, 0.2) is 11.8 Å². The van der Waals surface area contributed by atoms with Crippen LogP contribution in [0.25, 0.3) is 0 Å². The molecule has 27 heavy (non-hydrogen) atoms. The molecule has 9 heteroatoms. The average Bonchev–Trinajstić information content (AvgIpc) is 2.84. The van der Waals surface area contributed by atoms with Gasteiger partial charge in [-0.1, -0.05) is 0 Å². The van der Waals surface area contributed by atoms with Crippen molar-refractivity contribution < 1.29 is 28.6 Å². The number of nitrogens with two attached hydrogens (primary N) is 1. The fourth-order valence-electron chi connectivity index (χ4n) is 3.93. The third-order valence-electron chi connectivity index (χ3n) is 4.93. The Morgan fingerprint density at radius 1 is 1.44 bits per heavy atom. The molecule has 2 amide bonds. The zero-order valence-corrected chi connectivity index (χ0v) is 16.5. The molecule has 0 saturated heterocycles. The third-order valence-corrected chi connectivity index (χ3v) is 4.93. The monoisotopic (exact) mass is 383 g/mol. The van der Waals surface area contributed by atoms with Gasteiger partial charge in [0.05, 0.1) is 6.10 Å². The van der Waals surface area contributed by atoms with Gasteiger partial charge < -0.3 is 35.0 Å². The van der Waals surface area contributed by atoms with Gasteiger partial charge >= 0.3 is 6.09 Å². The van der Waals surface area contributed by atoms with Crippen LogP contribution in [0.4, 0.5) is 4.79 Å². The van der Waals surface area contributed by atoms with Gasteiger partial charge in [-0.15, -0.1) is 0 Å². The van der Waals surface area contributed by atoms with Crippen molar-refractivity contribution in [2.45, 2.75) is 44.4 Å². The minimum Gasteiger partial charge on any atom is -0.444 e. The van der Waals surface area contributed by atoms with Crippen molar-refractivity contribution in [1.29, 1.82) is 0 Å². The lowest BCUT2D eigenvalue weighted by atomic mass is 9.78. The van der Waals surface area contributed by atoms with Gasteiger partial charge in [-0.3, -0.25) is 4.79 Å². The van der Waals surface area contributed by atoms with Crippen LogP contribution >= 0.6 is 0 Å². The van der Waals surface area contributed by atoms with Crippen molar-refractivity contribution in [2.24, 2.45) is 17.6 Å². The van der Waals surface area contributed by atoms with E-state index < -0.39 is 35.2 Å². The summed E-state index contributed by atoms with van der Waals surface area (Å²) >= 11 is 0. The number of alkyl carbamates (subject to hydrolysis) is 1. The Kier molecular flexibility index (Phi) is 6.16. The molecule has 1 aliphatic carbocycles. The molecule has 1 saturated carbocycles. The number of hydrogen-bond acceptors (Lipinski definition) is 7. The van der Waals surface area contributed by atoms with Crippen molar-refractivity contribution in [2.75, 3.05) is 27.5 Å². The van der Waals surface area contributed by atoms with E-state index in [1.807, 2.05) is 0 Å². The van der Waals surface area contributed by atoms with Gasteiger partial charge in [-0.25, -0.2) is 4.79 Å². The van der Waals surface area contributed by atoms with Crippen molar-refractivity contribution >= 4 is 18.3 Å². The van der Waals surface area contributed by atoms with Gasteiger partial charge in [0.15, 0.2) is 0 Å². The minimum atomic E-state index is -1.37. The van der Waals surface area contributed by atoms with Gasteiger partial charge in [0, 0.05) is 44.3 Å². The summed E-state index contributed by atoms with van der Waals surface area (Å²) in [7, 11) is 3.25. The quantitative estimate of drug-likeness (QED) is 0.503. The van der Waals surface area contributed by atoms with Gasteiger partial charge in [0.2, 0.25) is 5.91 Å². The first-order chi connectivity index (χ1) is 12.5.